The number of hydrogen-bond acceptors (Lipinski definition) is 3. The van der Waals surface area contributed by atoms with E-state index in [4.69, 9.17) is 0 Å². The third kappa shape index (κ3) is 3.57. The Hall–Kier alpha value is -3.49. The predicted octanol–water partition coefficient (Wildman–Crippen LogP) is 3.37. The van der Waals surface area contributed by atoms with Crippen LogP contribution in [-0.4, -0.2) is 70.4 Å². The largest absolute Gasteiger partial charge is 0.341 e. The molecule has 0 N–H and O–H groups in total. The average molecular weight is 439 g/mol. The molecule has 166 valence electrons. The minimum absolute atomic E-state index is 0.0171. The molecular weight excluding hydrogens is 416 g/mol. The van der Waals surface area contributed by atoms with Crippen LogP contribution in [0.1, 0.15) is 12.8 Å². The zero-order valence-electron chi connectivity index (χ0n) is 17.5. The van der Waals surface area contributed by atoms with E-state index < -0.39 is 6.17 Å². The van der Waals surface area contributed by atoms with Gasteiger partial charge < -0.3 is 9.80 Å². The van der Waals surface area contributed by atoms with Crippen molar-refractivity contribution in [3.63, 3.8) is 0 Å². The van der Waals surface area contributed by atoms with Gasteiger partial charge in [0, 0.05) is 31.6 Å². The number of rotatable bonds is 4. The Labute approximate surface area is 183 Å². The number of urea groups is 1. The summed E-state index contributed by atoms with van der Waals surface area (Å²) >= 11 is 0. The second-order valence-electron chi connectivity index (χ2n) is 8.13. The third-order valence-corrected chi connectivity index (χ3v) is 6.16. The molecule has 3 amide bonds. The first kappa shape index (κ1) is 20.4. The van der Waals surface area contributed by atoms with Crippen LogP contribution in [0.25, 0.3) is 16.6 Å². The molecule has 2 aliphatic heterocycles. The number of likely N-dealkylation sites (tertiary alicyclic amines) is 1. The first-order valence-corrected chi connectivity index (χ1v) is 10.7. The van der Waals surface area contributed by atoms with E-state index in [9.17, 15) is 18.4 Å². The summed E-state index contributed by atoms with van der Waals surface area (Å²) < 4.78 is 29.2. The van der Waals surface area contributed by atoms with Gasteiger partial charge >= 0.3 is 6.03 Å². The van der Waals surface area contributed by atoms with E-state index in [1.165, 1.54) is 15.6 Å². The highest BCUT2D eigenvalue weighted by molar-refractivity contribution is 6.04. The fourth-order valence-corrected chi connectivity index (χ4v) is 4.40. The van der Waals surface area contributed by atoms with Crippen LogP contribution in [-0.2, 0) is 4.79 Å². The number of carbonyl (C=O) groups excluding carboxylic acids is 2. The molecular formula is C23H23F2N5O2. The van der Waals surface area contributed by atoms with Crippen LogP contribution < -0.4 is 4.90 Å². The number of fused-ring (bicyclic) bond motifs is 1. The normalized spacial score (nSPS) is 17.6. The second kappa shape index (κ2) is 8.22. The summed E-state index contributed by atoms with van der Waals surface area (Å²) in [4.78, 5) is 30.5. The van der Waals surface area contributed by atoms with Crippen LogP contribution in [0, 0.1) is 5.82 Å². The molecule has 0 atom stereocenters. The molecule has 2 saturated heterocycles. The Kier molecular flexibility index (Phi) is 5.24. The Bertz CT molecular complexity index is 1170. The molecule has 0 bridgehead atoms. The molecule has 5 rings (SSSR count). The number of para-hydroxylation sites is 1. The fraction of sp³-hybridized carbons (Fsp3) is 0.348. The monoisotopic (exact) mass is 439 g/mol. The molecule has 7 nitrogen and oxygen atoms in total. The zero-order valence-corrected chi connectivity index (χ0v) is 17.5. The van der Waals surface area contributed by atoms with Crippen LogP contribution in [0.2, 0.25) is 0 Å². The number of benzene rings is 2. The van der Waals surface area contributed by atoms with Crippen LogP contribution in [0.3, 0.4) is 0 Å². The molecule has 0 unspecified atom stereocenters. The van der Waals surface area contributed by atoms with Gasteiger partial charge in [-0.25, -0.2) is 18.3 Å². The second-order valence-corrected chi connectivity index (χ2v) is 8.13. The van der Waals surface area contributed by atoms with Crippen LogP contribution in [0.15, 0.2) is 48.7 Å². The number of piperidine rings is 1. The van der Waals surface area contributed by atoms with Gasteiger partial charge in [0.1, 0.15) is 24.2 Å². The van der Waals surface area contributed by atoms with Crippen LogP contribution in [0.4, 0.5) is 19.3 Å². The summed E-state index contributed by atoms with van der Waals surface area (Å²) in [5.41, 5.74) is 1.68. The van der Waals surface area contributed by atoms with Gasteiger partial charge in [-0.2, -0.15) is 5.10 Å². The number of hydrogen-bond donors (Lipinski definition) is 0. The summed E-state index contributed by atoms with van der Waals surface area (Å²) in [6.07, 6.45) is 1.47. The fourth-order valence-electron chi connectivity index (χ4n) is 4.40. The van der Waals surface area contributed by atoms with Gasteiger partial charge in [-0.3, -0.25) is 9.69 Å². The Morgan fingerprint density at radius 3 is 2.53 bits per heavy atom. The van der Waals surface area contributed by atoms with E-state index in [1.54, 1.807) is 40.3 Å². The maximum absolute atomic E-state index is 14.3. The SMILES string of the molecule is O=C(CN1CCN(c2cccc3c2cnn3-c2ccccc2F)C1=O)N1CCC(F)CC1. The summed E-state index contributed by atoms with van der Waals surface area (Å²) in [7, 11) is 0. The van der Waals surface area contributed by atoms with E-state index in [0.717, 1.165) is 5.39 Å². The molecule has 0 saturated carbocycles. The van der Waals surface area contributed by atoms with E-state index in [1.807, 2.05) is 12.1 Å². The Morgan fingerprint density at radius 1 is 1.00 bits per heavy atom. The van der Waals surface area contributed by atoms with Gasteiger partial charge in [0.05, 0.1) is 17.4 Å². The summed E-state index contributed by atoms with van der Waals surface area (Å²) in [5, 5.41) is 5.08. The number of halogens is 2. The lowest BCUT2D eigenvalue weighted by Gasteiger charge is -2.30. The topological polar surface area (TPSA) is 61.7 Å². The van der Waals surface area contributed by atoms with Crippen LogP contribution >= 0.6 is 0 Å². The van der Waals surface area contributed by atoms with Gasteiger partial charge in [-0.05, 0) is 37.1 Å². The summed E-state index contributed by atoms with van der Waals surface area (Å²) in [6, 6.07) is 11.6. The Morgan fingerprint density at radius 2 is 1.75 bits per heavy atom. The molecule has 2 aromatic carbocycles. The molecule has 0 aliphatic carbocycles. The molecule has 3 heterocycles. The van der Waals surface area contributed by atoms with Crippen molar-refractivity contribution in [3.05, 3.63) is 54.5 Å². The zero-order chi connectivity index (χ0) is 22.2. The molecule has 3 aromatic rings. The highest BCUT2D eigenvalue weighted by atomic mass is 19.1. The standard InChI is InChI=1S/C23H23F2N5O2/c24-16-8-10-27(11-9-16)22(31)15-28-12-13-29(23(28)32)19-6-3-7-20-17(19)14-26-30(20)21-5-2-1-4-18(21)25/h1-7,14,16H,8-13,15H2. The van der Waals surface area contributed by atoms with Crippen molar-refractivity contribution in [3.8, 4) is 5.69 Å². The van der Waals surface area contributed by atoms with Crippen molar-refractivity contribution in [2.24, 2.45) is 0 Å². The number of nitrogens with zero attached hydrogens (tertiary/aromatic N) is 5. The van der Waals surface area contributed by atoms with Gasteiger partial charge in [-0.1, -0.05) is 18.2 Å². The number of amides is 3. The van der Waals surface area contributed by atoms with Gasteiger partial charge in [0.15, 0.2) is 0 Å². The van der Waals surface area contributed by atoms with Crippen molar-refractivity contribution < 1.29 is 18.4 Å². The summed E-state index contributed by atoms with van der Waals surface area (Å²) in [5.74, 6) is -0.542. The predicted molar refractivity (Wildman–Crippen MR) is 116 cm³/mol. The van der Waals surface area contributed by atoms with E-state index in [0.29, 0.717) is 55.9 Å². The quantitative estimate of drug-likeness (QED) is 0.626. The number of alkyl halides is 1. The molecule has 1 aromatic heterocycles. The maximum Gasteiger partial charge on any atom is 0.325 e. The maximum atomic E-state index is 14.3. The molecule has 9 heteroatoms. The van der Waals surface area contributed by atoms with Crippen LogP contribution in [0.5, 0.6) is 0 Å². The van der Waals surface area contributed by atoms with Crippen molar-refractivity contribution in [1.29, 1.82) is 0 Å². The molecule has 2 aliphatic rings. The molecule has 0 spiro atoms. The lowest BCUT2D eigenvalue weighted by Crippen LogP contribution is -2.45. The molecule has 2 fully saturated rings. The minimum atomic E-state index is -0.853. The third-order valence-electron chi connectivity index (χ3n) is 6.16. The highest BCUT2D eigenvalue weighted by Crippen LogP contribution is 2.31. The number of carbonyl (C=O) groups is 2. The lowest BCUT2D eigenvalue weighted by molar-refractivity contribution is -0.133. The molecule has 32 heavy (non-hydrogen) atoms. The van der Waals surface area contributed by atoms with Crippen molar-refractivity contribution in [2.75, 3.05) is 37.6 Å². The average Bonchev–Trinajstić information content (AvgIpc) is 3.38. The van der Waals surface area contributed by atoms with Crippen molar-refractivity contribution in [2.45, 2.75) is 19.0 Å². The first-order chi connectivity index (χ1) is 15.5. The molecule has 0 radical (unpaired) electrons. The van der Waals surface area contributed by atoms with E-state index in [-0.39, 0.29) is 24.3 Å². The highest BCUT2D eigenvalue weighted by Gasteiger charge is 2.33. The van der Waals surface area contributed by atoms with E-state index in [2.05, 4.69) is 5.10 Å². The summed E-state index contributed by atoms with van der Waals surface area (Å²) in [6.45, 7) is 1.61. The number of aromatic nitrogens is 2. The number of anilines is 1. The van der Waals surface area contributed by atoms with Gasteiger partial charge in [-0.15, -0.1) is 0 Å². The lowest BCUT2D eigenvalue weighted by atomic mass is 10.1. The van der Waals surface area contributed by atoms with Gasteiger partial charge in [0.2, 0.25) is 5.91 Å². The minimum Gasteiger partial charge on any atom is -0.341 e. The Balaban J connectivity index is 1.37. The van der Waals surface area contributed by atoms with Crippen molar-refractivity contribution >= 4 is 28.5 Å². The van der Waals surface area contributed by atoms with Gasteiger partial charge in [0.25, 0.3) is 0 Å². The first-order valence-electron chi connectivity index (χ1n) is 10.7. The smallest absolute Gasteiger partial charge is 0.325 e. The van der Waals surface area contributed by atoms with E-state index >= 15 is 0 Å². The van der Waals surface area contributed by atoms with Crippen molar-refractivity contribution in [1.82, 2.24) is 19.6 Å².